The number of hydrogen-bond acceptors (Lipinski definition) is 5. The van der Waals surface area contributed by atoms with Crippen LogP contribution in [0.3, 0.4) is 0 Å². The van der Waals surface area contributed by atoms with E-state index in [4.69, 9.17) is 9.47 Å². The molecule has 8 nitrogen and oxygen atoms in total. The molecule has 1 saturated heterocycles. The lowest BCUT2D eigenvalue weighted by Crippen LogP contribution is -2.49. The smallest absolute Gasteiger partial charge is 0.227 e. The van der Waals surface area contributed by atoms with Crippen LogP contribution in [0.25, 0.3) is 0 Å². The molecule has 2 rings (SSSR count). The lowest BCUT2D eigenvalue weighted by Gasteiger charge is -2.25. The predicted octanol–water partition coefficient (Wildman–Crippen LogP) is 1.83. The number of guanidine groups is 1. The van der Waals surface area contributed by atoms with Gasteiger partial charge >= 0.3 is 0 Å². The molecule has 0 radical (unpaired) electrons. The van der Waals surface area contributed by atoms with Crippen LogP contribution in [0.5, 0.6) is 11.5 Å². The minimum Gasteiger partial charge on any atom is -0.497 e. The Morgan fingerprint density at radius 1 is 1.23 bits per heavy atom. The number of aliphatic imine (C=N–C) groups is 1. The van der Waals surface area contributed by atoms with Gasteiger partial charge in [-0.3, -0.25) is 14.7 Å². The number of methoxy groups -OCH3 is 2. The highest BCUT2D eigenvalue weighted by atomic mass is 127. The number of amides is 1. The van der Waals surface area contributed by atoms with E-state index in [1.54, 1.807) is 28.3 Å². The van der Waals surface area contributed by atoms with Crippen molar-refractivity contribution in [1.29, 1.82) is 0 Å². The summed E-state index contributed by atoms with van der Waals surface area (Å²) in [5, 5.41) is 9.45. The Morgan fingerprint density at radius 2 is 1.87 bits per heavy atom. The summed E-state index contributed by atoms with van der Waals surface area (Å²) in [6.07, 6.45) is 1.03. The van der Waals surface area contributed by atoms with Gasteiger partial charge in [0.25, 0.3) is 0 Å². The van der Waals surface area contributed by atoms with Crippen LogP contribution in [0, 0.1) is 5.41 Å². The maximum absolute atomic E-state index is 12.0. The van der Waals surface area contributed by atoms with Gasteiger partial charge in [-0.1, -0.05) is 0 Å². The average molecular weight is 533 g/mol. The minimum atomic E-state index is -0.514. The first-order valence-corrected chi connectivity index (χ1v) is 9.95. The van der Waals surface area contributed by atoms with Gasteiger partial charge in [-0.2, -0.15) is 0 Å². The number of hydrogen-bond donors (Lipinski definition) is 3. The molecule has 0 saturated carbocycles. The number of ether oxygens (including phenoxy) is 2. The van der Waals surface area contributed by atoms with Gasteiger partial charge in [0.2, 0.25) is 5.91 Å². The number of benzene rings is 1. The van der Waals surface area contributed by atoms with E-state index in [9.17, 15) is 4.79 Å². The summed E-state index contributed by atoms with van der Waals surface area (Å²) >= 11 is 0. The quantitative estimate of drug-likeness (QED) is 0.269. The van der Waals surface area contributed by atoms with Crippen molar-refractivity contribution in [3.8, 4) is 11.5 Å². The van der Waals surface area contributed by atoms with Crippen LogP contribution in [0.15, 0.2) is 23.2 Å². The number of nitrogens with zero attached hydrogens (tertiary/aromatic N) is 2. The number of rotatable bonds is 8. The van der Waals surface area contributed by atoms with E-state index in [0.29, 0.717) is 12.6 Å². The molecule has 0 bridgehead atoms. The summed E-state index contributed by atoms with van der Waals surface area (Å²) in [5.74, 6) is 2.33. The van der Waals surface area contributed by atoms with Crippen LogP contribution in [-0.4, -0.2) is 70.8 Å². The maximum Gasteiger partial charge on any atom is 0.227 e. The SMILES string of the molecule is CN=C(NCC(C)(C)C(=O)NC)NC1CCN(Cc2cc(OC)cc(OC)c2)C1.I. The van der Waals surface area contributed by atoms with Gasteiger partial charge in [-0.05, 0) is 38.0 Å². The van der Waals surface area contributed by atoms with Gasteiger partial charge in [-0.25, -0.2) is 0 Å². The third-order valence-electron chi connectivity index (χ3n) is 5.19. The van der Waals surface area contributed by atoms with Crippen molar-refractivity contribution in [2.24, 2.45) is 10.4 Å². The Bertz CT molecular complexity index is 704. The summed E-state index contributed by atoms with van der Waals surface area (Å²) in [6.45, 7) is 7.07. The second kappa shape index (κ2) is 12.2. The minimum absolute atomic E-state index is 0. The summed E-state index contributed by atoms with van der Waals surface area (Å²) in [4.78, 5) is 18.7. The van der Waals surface area contributed by atoms with E-state index in [1.165, 1.54) is 0 Å². The molecule has 1 heterocycles. The largest absolute Gasteiger partial charge is 0.497 e. The van der Waals surface area contributed by atoms with Crippen LogP contribution >= 0.6 is 24.0 Å². The molecule has 1 aliphatic rings. The normalized spacial score (nSPS) is 17.1. The van der Waals surface area contributed by atoms with Gasteiger partial charge < -0.3 is 25.4 Å². The van der Waals surface area contributed by atoms with Crippen LogP contribution in [0.4, 0.5) is 0 Å². The predicted molar refractivity (Wildman–Crippen MR) is 131 cm³/mol. The number of halogens is 1. The molecule has 0 aliphatic carbocycles. The topological polar surface area (TPSA) is 87.2 Å². The van der Waals surface area contributed by atoms with E-state index in [-0.39, 0.29) is 29.9 Å². The summed E-state index contributed by atoms with van der Waals surface area (Å²) in [5.41, 5.74) is 0.649. The van der Waals surface area contributed by atoms with Crippen molar-refractivity contribution in [1.82, 2.24) is 20.9 Å². The first kappa shape index (κ1) is 26.3. The van der Waals surface area contributed by atoms with E-state index < -0.39 is 5.41 Å². The number of carbonyl (C=O) groups is 1. The molecule has 170 valence electrons. The van der Waals surface area contributed by atoms with Crippen LogP contribution < -0.4 is 25.4 Å². The summed E-state index contributed by atoms with van der Waals surface area (Å²) in [6, 6.07) is 6.28. The number of nitrogens with one attached hydrogen (secondary N) is 3. The molecular weight excluding hydrogens is 497 g/mol. The highest BCUT2D eigenvalue weighted by Gasteiger charge is 2.28. The van der Waals surface area contributed by atoms with Crippen molar-refractivity contribution in [3.63, 3.8) is 0 Å². The highest BCUT2D eigenvalue weighted by molar-refractivity contribution is 14.0. The lowest BCUT2D eigenvalue weighted by molar-refractivity contribution is -0.128. The molecular formula is C21H36IN5O3. The fourth-order valence-electron chi connectivity index (χ4n) is 3.42. The molecule has 9 heteroatoms. The molecule has 1 aromatic carbocycles. The standard InChI is InChI=1S/C21H35N5O3.HI/c1-21(2,19(27)22-3)14-24-20(23-4)25-16-7-8-26(13-16)12-15-9-17(28-5)11-18(10-15)29-6;/h9-11,16H,7-8,12-14H2,1-6H3,(H,22,27)(H2,23,24,25);1H. The second-order valence-electron chi connectivity index (χ2n) is 7.97. The molecule has 1 aliphatic heterocycles. The monoisotopic (exact) mass is 533 g/mol. The van der Waals surface area contributed by atoms with Crippen molar-refractivity contribution in [2.75, 3.05) is 47.9 Å². The zero-order chi connectivity index (χ0) is 21.4. The van der Waals surface area contributed by atoms with Crippen molar-refractivity contribution in [2.45, 2.75) is 32.9 Å². The Labute approximate surface area is 197 Å². The molecule has 0 spiro atoms. The molecule has 1 fully saturated rings. The Hall–Kier alpha value is -1.75. The number of carbonyl (C=O) groups excluding carboxylic acids is 1. The van der Waals surface area contributed by atoms with E-state index >= 15 is 0 Å². The average Bonchev–Trinajstić information content (AvgIpc) is 3.16. The molecule has 30 heavy (non-hydrogen) atoms. The third-order valence-corrected chi connectivity index (χ3v) is 5.19. The molecule has 1 atom stereocenters. The number of likely N-dealkylation sites (tertiary alicyclic amines) is 1. The van der Waals surface area contributed by atoms with Crippen molar-refractivity contribution in [3.05, 3.63) is 23.8 Å². The van der Waals surface area contributed by atoms with Gasteiger partial charge in [0, 0.05) is 52.4 Å². The van der Waals surface area contributed by atoms with Crippen molar-refractivity contribution < 1.29 is 14.3 Å². The lowest BCUT2D eigenvalue weighted by atomic mass is 9.92. The van der Waals surface area contributed by atoms with Crippen LogP contribution in [0.1, 0.15) is 25.8 Å². The third kappa shape index (κ3) is 7.50. The fourth-order valence-corrected chi connectivity index (χ4v) is 3.42. The Balaban J connectivity index is 0.00000450. The maximum atomic E-state index is 12.0. The van der Waals surface area contributed by atoms with Gasteiger partial charge in [0.15, 0.2) is 5.96 Å². The Morgan fingerprint density at radius 3 is 2.40 bits per heavy atom. The molecule has 3 N–H and O–H groups in total. The van der Waals surface area contributed by atoms with Gasteiger partial charge in [-0.15, -0.1) is 24.0 Å². The highest BCUT2D eigenvalue weighted by Crippen LogP contribution is 2.24. The van der Waals surface area contributed by atoms with E-state index in [2.05, 4.69) is 25.8 Å². The van der Waals surface area contributed by atoms with Crippen LogP contribution in [-0.2, 0) is 11.3 Å². The zero-order valence-corrected chi connectivity index (χ0v) is 21.2. The summed E-state index contributed by atoms with van der Waals surface area (Å²) < 4.78 is 10.7. The first-order valence-electron chi connectivity index (χ1n) is 9.95. The molecule has 1 amide bonds. The molecule has 1 unspecified atom stereocenters. The van der Waals surface area contributed by atoms with Crippen LogP contribution in [0.2, 0.25) is 0 Å². The molecule has 1 aromatic rings. The van der Waals surface area contributed by atoms with E-state index in [1.807, 2.05) is 32.0 Å². The van der Waals surface area contributed by atoms with Gasteiger partial charge in [0.1, 0.15) is 11.5 Å². The second-order valence-corrected chi connectivity index (χ2v) is 7.97. The first-order chi connectivity index (χ1) is 13.8. The molecule has 0 aromatic heterocycles. The fraction of sp³-hybridized carbons (Fsp3) is 0.619. The van der Waals surface area contributed by atoms with Gasteiger partial charge in [0.05, 0.1) is 19.6 Å². The van der Waals surface area contributed by atoms with E-state index in [0.717, 1.165) is 49.1 Å². The summed E-state index contributed by atoms with van der Waals surface area (Å²) in [7, 11) is 6.73. The Kier molecular flexibility index (Phi) is 10.7. The van der Waals surface area contributed by atoms with Crippen molar-refractivity contribution >= 4 is 35.8 Å². The zero-order valence-electron chi connectivity index (χ0n) is 18.9.